The Kier molecular flexibility index (Phi) is 7.17. The first-order chi connectivity index (χ1) is 12.3. The molecule has 0 aliphatic carbocycles. The zero-order valence-electron chi connectivity index (χ0n) is 14.9. The van der Waals surface area contributed by atoms with Crippen molar-refractivity contribution >= 4 is 17.7 Å². The van der Waals surface area contributed by atoms with Gasteiger partial charge in [0.25, 0.3) is 0 Å². The lowest BCUT2D eigenvalue weighted by Crippen LogP contribution is -2.52. The molecule has 0 saturated carbocycles. The largest absolute Gasteiger partial charge is 0.356 e. The molecule has 2 saturated heterocycles. The fraction of sp³-hybridized carbons (Fsp3) is 0.650. The van der Waals surface area contributed by atoms with Crippen LogP contribution in [0.3, 0.4) is 0 Å². The van der Waals surface area contributed by atoms with Crippen LogP contribution in [-0.2, 0) is 10.5 Å². The van der Waals surface area contributed by atoms with Crippen LogP contribution in [0.25, 0.3) is 0 Å². The summed E-state index contributed by atoms with van der Waals surface area (Å²) in [6.45, 7) is 3.06. The molecular weight excluding hydrogens is 335 g/mol. The zero-order valence-corrected chi connectivity index (χ0v) is 15.7. The number of nitrogens with one attached hydrogen (secondary N) is 1. The van der Waals surface area contributed by atoms with Crippen LogP contribution in [0, 0.1) is 11.7 Å². The summed E-state index contributed by atoms with van der Waals surface area (Å²) in [6, 6.07) is 7.41. The van der Waals surface area contributed by atoms with Gasteiger partial charge >= 0.3 is 0 Å². The van der Waals surface area contributed by atoms with E-state index in [0.717, 1.165) is 37.1 Å². The first kappa shape index (κ1) is 18.7. The summed E-state index contributed by atoms with van der Waals surface area (Å²) in [5, 5.41) is 3.14. The van der Waals surface area contributed by atoms with E-state index in [2.05, 4.69) is 10.2 Å². The Bertz CT molecular complexity index is 566. The molecule has 5 heteroatoms. The maximum absolute atomic E-state index is 13.5. The molecule has 1 aromatic carbocycles. The summed E-state index contributed by atoms with van der Waals surface area (Å²) in [4.78, 5) is 15.1. The summed E-state index contributed by atoms with van der Waals surface area (Å²) in [7, 11) is 0. The van der Waals surface area contributed by atoms with Crippen molar-refractivity contribution < 1.29 is 9.18 Å². The third-order valence-electron chi connectivity index (χ3n) is 5.41. The van der Waals surface area contributed by atoms with Gasteiger partial charge in [0.05, 0.1) is 5.92 Å². The molecule has 3 rings (SSSR count). The van der Waals surface area contributed by atoms with Crippen molar-refractivity contribution in [3.63, 3.8) is 0 Å². The molecule has 1 amide bonds. The van der Waals surface area contributed by atoms with E-state index in [1.807, 2.05) is 12.1 Å². The van der Waals surface area contributed by atoms with Gasteiger partial charge in [0.1, 0.15) is 5.82 Å². The van der Waals surface area contributed by atoms with Crippen LogP contribution in [0.2, 0.25) is 0 Å². The quantitative estimate of drug-likeness (QED) is 0.746. The highest BCUT2D eigenvalue weighted by molar-refractivity contribution is 7.98. The normalized spacial score (nSPS) is 23.9. The SMILES string of the molecule is O=C(NCCCSCc1ccccc1F)[C@@H]1CCCN2CCCC[C@H]12. The number of piperidine rings is 2. The topological polar surface area (TPSA) is 32.3 Å². The second-order valence-corrected chi connectivity index (χ2v) is 8.24. The Morgan fingerprint density at radius 2 is 2.04 bits per heavy atom. The van der Waals surface area contributed by atoms with Crippen molar-refractivity contribution in [3.05, 3.63) is 35.6 Å². The van der Waals surface area contributed by atoms with Crippen LogP contribution in [-0.4, -0.2) is 42.2 Å². The molecule has 3 nitrogen and oxygen atoms in total. The number of carbonyl (C=O) groups is 1. The smallest absolute Gasteiger partial charge is 0.224 e. The minimum absolute atomic E-state index is 0.127. The molecule has 2 aliphatic rings. The van der Waals surface area contributed by atoms with Gasteiger partial charge in [-0.25, -0.2) is 4.39 Å². The number of hydrogen-bond donors (Lipinski definition) is 1. The van der Waals surface area contributed by atoms with E-state index in [-0.39, 0.29) is 17.6 Å². The van der Waals surface area contributed by atoms with Crippen molar-refractivity contribution in [2.24, 2.45) is 5.92 Å². The number of carbonyl (C=O) groups excluding carboxylic acids is 1. The Balaban J connectivity index is 1.33. The summed E-state index contributed by atoms with van der Waals surface area (Å²) in [5.41, 5.74) is 0.760. The lowest BCUT2D eigenvalue weighted by Gasteiger charge is -2.43. The second-order valence-electron chi connectivity index (χ2n) is 7.14. The summed E-state index contributed by atoms with van der Waals surface area (Å²) < 4.78 is 13.5. The van der Waals surface area contributed by atoms with Crippen molar-refractivity contribution in [2.75, 3.05) is 25.4 Å². The fourth-order valence-electron chi connectivity index (χ4n) is 4.08. The molecular formula is C20H29FN2OS. The molecule has 1 aromatic rings. The summed E-state index contributed by atoms with van der Waals surface area (Å²) in [6.07, 6.45) is 6.84. The van der Waals surface area contributed by atoms with E-state index in [4.69, 9.17) is 0 Å². The predicted octanol–water partition coefficient (Wildman–Crippen LogP) is 3.83. The minimum Gasteiger partial charge on any atom is -0.356 e. The van der Waals surface area contributed by atoms with E-state index >= 15 is 0 Å². The van der Waals surface area contributed by atoms with E-state index < -0.39 is 0 Å². The van der Waals surface area contributed by atoms with Gasteiger partial charge in [-0.05, 0) is 62.6 Å². The lowest BCUT2D eigenvalue weighted by atomic mass is 9.83. The van der Waals surface area contributed by atoms with Crippen LogP contribution < -0.4 is 5.32 Å². The first-order valence-corrected chi connectivity index (χ1v) is 10.7. The number of thioether (sulfide) groups is 1. The Hall–Kier alpha value is -1.07. The standard InChI is InChI=1S/C20H29FN2OS/c21-18-9-2-1-7-16(18)15-25-14-6-11-22-20(24)17-8-5-13-23-12-4-3-10-19(17)23/h1-2,7,9,17,19H,3-6,8,10-15H2,(H,22,24)/t17-,19-/m1/s1. The minimum atomic E-state index is -0.127. The van der Waals surface area contributed by atoms with Crippen molar-refractivity contribution in [3.8, 4) is 0 Å². The van der Waals surface area contributed by atoms with Gasteiger partial charge in [-0.1, -0.05) is 24.6 Å². The molecule has 1 N–H and O–H groups in total. The van der Waals surface area contributed by atoms with Gasteiger partial charge in [0.15, 0.2) is 0 Å². The number of halogens is 1. The highest BCUT2D eigenvalue weighted by Crippen LogP contribution is 2.30. The molecule has 138 valence electrons. The Morgan fingerprint density at radius 1 is 1.20 bits per heavy atom. The molecule has 0 unspecified atom stereocenters. The van der Waals surface area contributed by atoms with Crippen LogP contribution in [0.5, 0.6) is 0 Å². The molecule has 2 aliphatic heterocycles. The van der Waals surface area contributed by atoms with E-state index in [9.17, 15) is 9.18 Å². The van der Waals surface area contributed by atoms with Crippen LogP contribution in [0.4, 0.5) is 4.39 Å². The molecule has 0 spiro atoms. The van der Waals surface area contributed by atoms with Crippen LogP contribution in [0.1, 0.15) is 44.1 Å². The number of rotatable bonds is 7. The Morgan fingerprint density at radius 3 is 2.92 bits per heavy atom. The number of hydrogen-bond acceptors (Lipinski definition) is 3. The van der Waals surface area contributed by atoms with E-state index in [1.54, 1.807) is 17.8 Å². The van der Waals surface area contributed by atoms with Gasteiger partial charge in [0, 0.05) is 18.3 Å². The molecule has 25 heavy (non-hydrogen) atoms. The summed E-state index contributed by atoms with van der Waals surface area (Å²) in [5.74, 6) is 1.93. The molecule has 0 radical (unpaired) electrons. The highest BCUT2D eigenvalue weighted by atomic mass is 32.2. The predicted molar refractivity (Wildman–Crippen MR) is 102 cm³/mol. The van der Waals surface area contributed by atoms with Gasteiger partial charge in [-0.2, -0.15) is 11.8 Å². The van der Waals surface area contributed by atoms with Gasteiger partial charge in [-0.15, -0.1) is 0 Å². The average Bonchev–Trinajstić information content (AvgIpc) is 2.65. The second kappa shape index (κ2) is 9.58. The summed E-state index contributed by atoms with van der Waals surface area (Å²) >= 11 is 1.73. The monoisotopic (exact) mass is 364 g/mol. The van der Waals surface area contributed by atoms with Crippen molar-refractivity contribution in [2.45, 2.75) is 50.3 Å². The van der Waals surface area contributed by atoms with Gasteiger partial charge < -0.3 is 5.32 Å². The molecule has 0 bridgehead atoms. The number of nitrogens with zero attached hydrogens (tertiary/aromatic N) is 1. The molecule has 2 atom stereocenters. The number of amides is 1. The van der Waals surface area contributed by atoms with Crippen molar-refractivity contribution in [1.82, 2.24) is 10.2 Å². The highest BCUT2D eigenvalue weighted by Gasteiger charge is 2.36. The first-order valence-electron chi connectivity index (χ1n) is 9.58. The fourth-order valence-corrected chi connectivity index (χ4v) is 5.02. The zero-order chi connectivity index (χ0) is 17.5. The maximum Gasteiger partial charge on any atom is 0.224 e. The number of benzene rings is 1. The lowest BCUT2D eigenvalue weighted by molar-refractivity contribution is -0.129. The molecule has 0 aromatic heterocycles. The third-order valence-corrected chi connectivity index (χ3v) is 6.50. The van der Waals surface area contributed by atoms with Crippen LogP contribution in [0.15, 0.2) is 24.3 Å². The van der Waals surface area contributed by atoms with Crippen molar-refractivity contribution in [1.29, 1.82) is 0 Å². The third kappa shape index (κ3) is 5.20. The van der Waals surface area contributed by atoms with Crippen LogP contribution >= 0.6 is 11.8 Å². The van der Waals surface area contributed by atoms with Gasteiger partial charge in [0.2, 0.25) is 5.91 Å². The number of fused-ring (bicyclic) bond motifs is 1. The maximum atomic E-state index is 13.5. The molecule has 2 heterocycles. The van der Waals surface area contributed by atoms with E-state index in [0.29, 0.717) is 11.8 Å². The molecule has 2 fully saturated rings. The van der Waals surface area contributed by atoms with E-state index in [1.165, 1.54) is 38.4 Å². The Labute approximate surface area is 154 Å². The van der Waals surface area contributed by atoms with Gasteiger partial charge in [-0.3, -0.25) is 9.69 Å². The average molecular weight is 365 g/mol.